The van der Waals surface area contributed by atoms with Crippen molar-refractivity contribution in [2.24, 2.45) is 0 Å². The standard InChI is InChI=1S/C39H34N2O4/c1-44-39(43)35(40-34-16-8-7-15-33(34)38(42)31-13-3-2-4-14-31)27-28-19-23-32(24-20-28)45-26-25-41-36-17-9-5-11-29(36)21-22-30-12-6-10-18-37(30)41/h2-24,35,40H,25-27H2,1H3/t35-/m0/s1. The number of anilines is 3. The maximum Gasteiger partial charge on any atom is 0.328 e. The number of ketones is 1. The Balaban J connectivity index is 1.12. The molecule has 1 aliphatic rings. The van der Waals surface area contributed by atoms with Gasteiger partial charge in [0.25, 0.3) is 0 Å². The molecular weight excluding hydrogens is 560 g/mol. The predicted octanol–water partition coefficient (Wildman–Crippen LogP) is 7.81. The first-order valence-corrected chi connectivity index (χ1v) is 15.0. The van der Waals surface area contributed by atoms with Crippen molar-refractivity contribution in [2.75, 3.05) is 30.5 Å². The van der Waals surface area contributed by atoms with Gasteiger partial charge in [0.05, 0.1) is 13.7 Å². The van der Waals surface area contributed by atoms with Crippen molar-refractivity contribution in [1.29, 1.82) is 0 Å². The monoisotopic (exact) mass is 594 g/mol. The third-order valence-electron chi connectivity index (χ3n) is 7.87. The quantitative estimate of drug-likeness (QED) is 0.124. The molecule has 45 heavy (non-hydrogen) atoms. The van der Waals surface area contributed by atoms with Crippen molar-refractivity contribution in [2.45, 2.75) is 12.5 Å². The molecule has 1 aliphatic heterocycles. The summed E-state index contributed by atoms with van der Waals surface area (Å²) >= 11 is 0. The van der Waals surface area contributed by atoms with Crippen LogP contribution in [-0.4, -0.2) is 38.1 Å². The van der Waals surface area contributed by atoms with Crippen LogP contribution in [0.4, 0.5) is 17.1 Å². The lowest BCUT2D eigenvalue weighted by Gasteiger charge is -2.27. The summed E-state index contributed by atoms with van der Waals surface area (Å²) in [4.78, 5) is 28.4. The van der Waals surface area contributed by atoms with E-state index in [1.54, 1.807) is 24.3 Å². The van der Waals surface area contributed by atoms with Crippen LogP contribution in [0.5, 0.6) is 5.75 Å². The number of nitrogens with one attached hydrogen (secondary N) is 1. The van der Waals surface area contributed by atoms with Gasteiger partial charge < -0.3 is 19.7 Å². The van der Waals surface area contributed by atoms with E-state index in [2.05, 4.69) is 70.9 Å². The fraction of sp³-hybridized carbons (Fsp3) is 0.128. The second-order valence-corrected chi connectivity index (χ2v) is 10.8. The van der Waals surface area contributed by atoms with Gasteiger partial charge >= 0.3 is 5.97 Å². The summed E-state index contributed by atoms with van der Waals surface area (Å²) < 4.78 is 11.3. The topological polar surface area (TPSA) is 67.9 Å². The third kappa shape index (κ3) is 6.81. The number of carbonyl (C=O) groups excluding carboxylic acids is 2. The van der Waals surface area contributed by atoms with Crippen LogP contribution in [0.25, 0.3) is 12.2 Å². The molecule has 0 radical (unpaired) electrons. The van der Waals surface area contributed by atoms with Gasteiger partial charge in [-0.2, -0.15) is 0 Å². The van der Waals surface area contributed by atoms with Gasteiger partial charge in [0.15, 0.2) is 5.78 Å². The summed E-state index contributed by atoms with van der Waals surface area (Å²) in [5, 5.41) is 3.27. The molecule has 0 bridgehead atoms. The molecule has 6 rings (SSSR count). The lowest BCUT2D eigenvalue weighted by molar-refractivity contribution is -0.141. The van der Waals surface area contributed by atoms with E-state index in [9.17, 15) is 9.59 Å². The maximum absolute atomic E-state index is 13.2. The van der Waals surface area contributed by atoms with E-state index in [0.717, 1.165) is 22.7 Å². The summed E-state index contributed by atoms with van der Waals surface area (Å²) in [7, 11) is 1.37. The first-order chi connectivity index (χ1) is 22.1. The van der Waals surface area contributed by atoms with Crippen molar-refractivity contribution in [3.8, 4) is 5.75 Å². The van der Waals surface area contributed by atoms with Gasteiger partial charge in [-0.1, -0.05) is 103 Å². The lowest BCUT2D eigenvalue weighted by atomic mass is 10.00. The molecule has 1 N–H and O–H groups in total. The van der Waals surface area contributed by atoms with E-state index in [0.29, 0.717) is 36.4 Å². The lowest BCUT2D eigenvalue weighted by Crippen LogP contribution is -2.33. The summed E-state index contributed by atoms with van der Waals surface area (Å²) in [6, 6.07) is 40.1. The summed E-state index contributed by atoms with van der Waals surface area (Å²) in [6.07, 6.45) is 4.68. The number of ether oxygens (including phenoxy) is 2. The minimum atomic E-state index is -0.691. The zero-order valence-corrected chi connectivity index (χ0v) is 25.1. The molecule has 1 heterocycles. The molecule has 0 aromatic heterocycles. The number of esters is 1. The third-order valence-corrected chi connectivity index (χ3v) is 7.87. The molecule has 224 valence electrons. The second-order valence-electron chi connectivity index (χ2n) is 10.8. The molecule has 0 unspecified atom stereocenters. The minimum Gasteiger partial charge on any atom is -0.492 e. The van der Waals surface area contributed by atoms with Crippen molar-refractivity contribution in [3.05, 3.63) is 155 Å². The van der Waals surface area contributed by atoms with E-state index in [1.165, 1.54) is 18.2 Å². The Morgan fingerprint density at radius 2 is 1.31 bits per heavy atom. The molecule has 1 atom stereocenters. The first kappa shape index (κ1) is 29.5. The molecule has 0 amide bonds. The number of para-hydroxylation sites is 3. The van der Waals surface area contributed by atoms with Crippen molar-refractivity contribution < 1.29 is 19.1 Å². The Morgan fingerprint density at radius 1 is 0.711 bits per heavy atom. The molecule has 5 aromatic carbocycles. The molecule has 0 fully saturated rings. The van der Waals surface area contributed by atoms with Crippen molar-refractivity contribution in [1.82, 2.24) is 0 Å². The second kappa shape index (κ2) is 13.8. The Morgan fingerprint density at radius 3 is 1.98 bits per heavy atom. The molecule has 0 saturated carbocycles. The van der Waals surface area contributed by atoms with E-state index in [4.69, 9.17) is 9.47 Å². The van der Waals surface area contributed by atoms with Crippen LogP contribution in [-0.2, 0) is 16.0 Å². The van der Waals surface area contributed by atoms with Crippen LogP contribution in [0.3, 0.4) is 0 Å². The van der Waals surface area contributed by atoms with E-state index in [1.807, 2.05) is 54.6 Å². The highest BCUT2D eigenvalue weighted by molar-refractivity contribution is 6.12. The van der Waals surface area contributed by atoms with Crippen LogP contribution in [0, 0.1) is 0 Å². The molecule has 0 aliphatic carbocycles. The van der Waals surface area contributed by atoms with Crippen LogP contribution in [0.15, 0.2) is 127 Å². The highest BCUT2D eigenvalue weighted by Crippen LogP contribution is 2.36. The Hall–Kier alpha value is -5.62. The summed E-state index contributed by atoms with van der Waals surface area (Å²) in [5.74, 6) is 0.215. The van der Waals surface area contributed by atoms with Gasteiger partial charge in [0, 0.05) is 34.6 Å². The van der Waals surface area contributed by atoms with Crippen LogP contribution in [0.2, 0.25) is 0 Å². The van der Waals surface area contributed by atoms with Crippen molar-refractivity contribution in [3.63, 3.8) is 0 Å². The Kier molecular flexibility index (Phi) is 9.02. The zero-order valence-electron chi connectivity index (χ0n) is 25.1. The highest BCUT2D eigenvalue weighted by Gasteiger charge is 2.23. The van der Waals surface area contributed by atoms with Gasteiger partial charge in [-0.3, -0.25) is 4.79 Å². The average molecular weight is 595 g/mol. The van der Waals surface area contributed by atoms with Crippen LogP contribution < -0.4 is 15.0 Å². The minimum absolute atomic E-state index is 0.118. The number of hydrogen-bond donors (Lipinski definition) is 1. The maximum atomic E-state index is 13.2. The molecule has 6 heteroatoms. The Labute approximate surface area is 263 Å². The van der Waals surface area contributed by atoms with Gasteiger partial charge in [0.2, 0.25) is 0 Å². The van der Waals surface area contributed by atoms with Gasteiger partial charge in [0.1, 0.15) is 18.4 Å². The average Bonchev–Trinajstić information content (AvgIpc) is 3.25. The number of fused-ring (bicyclic) bond motifs is 2. The Bertz CT molecular complexity index is 1770. The number of nitrogens with zero attached hydrogens (tertiary/aromatic N) is 1. The first-order valence-electron chi connectivity index (χ1n) is 15.0. The van der Waals surface area contributed by atoms with Gasteiger partial charge in [-0.25, -0.2) is 4.79 Å². The molecule has 6 nitrogen and oxygen atoms in total. The number of carbonyl (C=O) groups is 2. The molecule has 0 spiro atoms. The fourth-order valence-corrected chi connectivity index (χ4v) is 5.59. The number of benzene rings is 5. The predicted molar refractivity (Wildman–Crippen MR) is 180 cm³/mol. The zero-order chi connectivity index (χ0) is 31.0. The highest BCUT2D eigenvalue weighted by atomic mass is 16.5. The SMILES string of the molecule is COC(=O)[C@H](Cc1ccc(OCCN2c3ccccc3C=Cc3ccccc32)cc1)Nc1ccccc1C(=O)c1ccccc1. The molecular formula is C39H34N2O4. The largest absolute Gasteiger partial charge is 0.492 e. The fourth-order valence-electron chi connectivity index (χ4n) is 5.59. The van der Waals surface area contributed by atoms with Crippen LogP contribution >= 0.6 is 0 Å². The smallest absolute Gasteiger partial charge is 0.328 e. The van der Waals surface area contributed by atoms with E-state index < -0.39 is 12.0 Å². The number of rotatable bonds is 11. The summed E-state index contributed by atoms with van der Waals surface area (Å²) in [5.41, 5.74) is 7.20. The van der Waals surface area contributed by atoms with E-state index in [-0.39, 0.29) is 5.78 Å². The number of methoxy groups -OCH3 is 1. The van der Waals surface area contributed by atoms with Crippen molar-refractivity contribution >= 4 is 41.0 Å². The van der Waals surface area contributed by atoms with Gasteiger partial charge in [-0.05, 0) is 53.1 Å². The molecule has 0 saturated heterocycles. The van der Waals surface area contributed by atoms with Gasteiger partial charge in [-0.15, -0.1) is 0 Å². The van der Waals surface area contributed by atoms with E-state index >= 15 is 0 Å². The molecule has 5 aromatic rings. The summed E-state index contributed by atoms with van der Waals surface area (Å²) in [6.45, 7) is 1.16. The van der Waals surface area contributed by atoms with Crippen LogP contribution in [0.1, 0.15) is 32.6 Å². The normalized spacial score (nSPS) is 12.3. The number of hydrogen-bond acceptors (Lipinski definition) is 6.